The van der Waals surface area contributed by atoms with Crippen LogP contribution in [0.15, 0.2) is 48.5 Å². The molecule has 0 fully saturated rings. The highest BCUT2D eigenvalue weighted by Crippen LogP contribution is 2.38. The number of carbonyl (C=O) groups is 2. The zero-order valence-electron chi connectivity index (χ0n) is 14.3. The molecule has 134 valence electrons. The van der Waals surface area contributed by atoms with Gasteiger partial charge in [0.05, 0.1) is 30.2 Å². The van der Waals surface area contributed by atoms with E-state index in [9.17, 15) is 19.7 Å². The van der Waals surface area contributed by atoms with Gasteiger partial charge in [0.25, 0.3) is 11.6 Å². The lowest BCUT2D eigenvalue weighted by molar-refractivity contribution is -0.384. The van der Waals surface area contributed by atoms with Gasteiger partial charge in [0.1, 0.15) is 0 Å². The first-order valence-corrected chi connectivity index (χ1v) is 7.91. The van der Waals surface area contributed by atoms with E-state index < -0.39 is 16.9 Å². The van der Waals surface area contributed by atoms with E-state index in [0.29, 0.717) is 16.8 Å². The number of benzene rings is 2. The molecule has 1 heterocycles. The number of esters is 1. The van der Waals surface area contributed by atoms with Crippen molar-refractivity contribution < 1.29 is 19.2 Å². The number of ether oxygens (including phenoxy) is 1. The van der Waals surface area contributed by atoms with Crippen LogP contribution in [0.3, 0.4) is 0 Å². The zero-order valence-corrected chi connectivity index (χ0v) is 14.3. The van der Waals surface area contributed by atoms with Crippen molar-refractivity contribution in [3.63, 3.8) is 0 Å². The standard InChI is InChI=1S/C18H17N3O5/c1-19-18(23)15-6-4-3-5-14(15)16(11-17(22)26-2)20(19)12-7-9-13(10-8-12)21(24)25/h3-10,16H,11H2,1-2H3. The lowest BCUT2D eigenvalue weighted by Gasteiger charge is -2.44. The van der Waals surface area contributed by atoms with Gasteiger partial charge in [0.2, 0.25) is 0 Å². The number of non-ortho nitro benzene ring substituents is 1. The summed E-state index contributed by atoms with van der Waals surface area (Å²) in [6.45, 7) is 0. The van der Waals surface area contributed by atoms with Crippen molar-refractivity contribution in [3.05, 3.63) is 69.8 Å². The SMILES string of the molecule is COC(=O)CC1c2ccccc2C(=O)N(C)N1c1ccc([N+](=O)[O-])cc1. The van der Waals surface area contributed by atoms with Crippen LogP contribution in [-0.4, -0.2) is 36.0 Å². The second kappa shape index (κ2) is 6.83. The van der Waals surface area contributed by atoms with E-state index >= 15 is 0 Å². The van der Waals surface area contributed by atoms with Crippen molar-refractivity contribution in [1.82, 2.24) is 5.01 Å². The number of carbonyl (C=O) groups excluding carboxylic acids is 2. The first kappa shape index (κ1) is 17.4. The van der Waals surface area contributed by atoms with Crippen LogP contribution < -0.4 is 5.01 Å². The van der Waals surface area contributed by atoms with Crippen LogP contribution in [0.25, 0.3) is 0 Å². The van der Waals surface area contributed by atoms with Crippen LogP contribution in [-0.2, 0) is 9.53 Å². The quantitative estimate of drug-likeness (QED) is 0.476. The molecule has 0 aromatic heterocycles. The number of methoxy groups -OCH3 is 1. The van der Waals surface area contributed by atoms with Crippen molar-refractivity contribution in [1.29, 1.82) is 0 Å². The maximum absolute atomic E-state index is 12.7. The highest BCUT2D eigenvalue weighted by Gasteiger charge is 2.37. The Bertz CT molecular complexity index is 865. The average molecular weight is 355 g/mol. The summed E-state index contributed by atoms with van der Waals surface area (Å²) in [6.07, 6.45) is 0.0299. The van der Waals surface area contributed by atoms with E-state index in [0.717, 1.165) is 0 Å². The number of nitrogens with zero attached hydrogens (tertiary/aromatic N) is 3. The van der Waals surface area contributed by atoms with Gasteiger partial charge in [-0.25, -0.2) is 0 Å². The van der Waals surface area contributed by atoms with Gasteiger partial charge in [-0.15, -0.1) is 0 Å². The normalized spacial score (nSPS) is 16.2. The van der Waals surface area contributed by atoms with Gasteiger partial charge in [-0.3, -0.25) is 29.7 Å². The molecule has 2 aromatic rings. The van der Waals surface area contributed by atoms with Crippen molar-refractivity contribution in [2.45, 2.75) is 12.5 Å². The monoisotopic (exact) mass is 355 g/mol. The molecule has 0 saturated carbocycles. The molecule has 2 aromatic carbocycles. The van der Waals surface area contributed by atoms with Crippen molar-refractivity contribution >= 4 is 23.3 Å². The van der Waals surface area contributed by atoms with Gasteiger partial charge in [-0.2, -0.15) is 0 Å². The Morgan fingerprint density at radius 3 is 2.46 bits per heavy atom. The molecule has 0 bridgehead atoms. The molecular weight excluding hydrogens is 338 g/mol. The molecule has 8 heteroatoms. The highest BCUT2D eigenvalue weighted by atomic mass is 16.6. The van der Waals surface area contributed by atoms with Crippen molar-refractivity contribution in [3.8, 4) is 0 Å². The second-order valence-corrected chi connectivity index (χ2v) is 5.83. The molecule has 1 unspecified atom stereocenters. The fraction of sp³-hybridized carbons (Fsp3) is 0.222. The van der Waals surface area contributed by atoms with Gasteiger partial charge in [0, 0.05) is 24.7 Å². The van der Waals surface area contributed by atoms with Gasteiger partial charge in [-0.05, 0) is 23.8 Å². The maximum atomic E-state index is 12.7. The van der Waals surface area contributed by atoms with E-state index in [1.54, 1.807) is 48.5 Å². The molecular formula is C18H17N3O5. The Kier molecular flexibility index (Phi) is 4.57. The minimum Gasteiger partial charge on any atom is -0.469 e. The first-order valence-electron chi connectivity index (χ1n) is 7.91. The molecule has 0 radical (unpaired) electrons. The van der Waals surface area contributed by atoms with Crippen molar-refractivity contribution in [2.75, 3.05) is 19.2 Å². The highest BCUT2D eigenvalue weighted by molar-refractivity contribution is 5.98. The zero-order chi connectivity index (χ0) is 18.8. The van der Waals surface area contributed by atoms with Gasteiger partial charge in [0.15, 0.2) is 0 Å². The van der Waals surface area contributed by atoms with Crippen LogP contribution in [0, 0.1) is 10.1 Å². The third-order valence-electron chi connectivity index (χ3n) is 4.38. The van der Waals surface area contributed by atoms with Gasteiger partial charge >= 0.3 is 5.97 Å². The number of rotatable bonds is 4. The lowest BCUT2D eigenvalue weighted by atomic mass is 9.94. The topological polar surface area (TPSA) is 93.0 Å². The van der Waals surface area contributed by atoms with E-state index in [2.05, 4.69) is 0 Å². The summed E-state index contributed by atoms with van der Waals surface area (Å²) in [7, 11) is 2.91. The molecule has 0 aliphatic carbocycles. The molecule has 3 rings (SSSR count). The summed E-state index contributed by atoms with van der Waals surface area (Å²) in [4.78, 5) is 35.1. The number of hydrogen-bond acceptors (Lipinski definition) is 6. The molecule has 0 spiro atoms. The number of amides is 1. The molecule has 1 amide bonds. The number of anilines is 1. The van der Waals surface area contributed by atoms with Crippen molar-refractivity contribution in [2.24, 2.45) is 0 Å². The van der Waals surface area contributed by atoms with Crippen LogP contribution >= 0.6 is 0 Å². The Morgan fingerprint density at radius 2 is 1.85 bits per heavy atom. The number of fused-ring (bicyclic) bond motifs is 1. The Hall–Kier alpha value is -3.42. The van der Waals surface area contributed by atoms with E-state index in [4.69, 9.17) is 4.74 Å². The van der Waals surface area contributed by atoms with Crippen LogP contribution in [0.2, 0.25) is 0 Å². The molecule has 1 aliphatic heterocycles. The van der Waals surface area contributed by atoms with Crippen LogP contribution in [0.1, 0.15) is 28.4 Å². The summed E-state index contributed by atoms with van der Waals surface area (Å²) < 4.78 is 4.81. The first-order chi connectivity index (χ1) is 12.4. The number of hydrazine groups is 1. The summed E-state index contributed by atoms with van der Waals surface area (Å²) >= 11 is 0. The minimum absolute atomic E-state index is 0.0299. The second-order valence-electron chi connectivity index (χ2n) is 5.83. The Balaban J connectivity index is 2.09. The van der Waals surface area contributed by atoms with Crippen LogP contribution in [0.5, 0.6) is 0 Å². The Labute approximate surface area is 149 Å². The summed E-state index contributed by atoms with van der Waals surface area (Å²) in [5, 5.41) is 14.0. The predicted octanol–water partition coefficient (Wildman–Crippen LogP) is 2.71. The third-order valence-corrected chi connectivity index (χ3v) is 4.38. The van der Waals surface area contributed by atoms with E-state index in [1.165, 1.54) is 24.3 Å². The molecule has 26 heavy (non-hydrogen) atoms. The molecule has 8 nitrogen and oxygen atoms in total. The fourth-order valence-electron chi connectivity index (χ4n) is 3.11. The lowest BCUT2D eigenvalue weighted by Crippen LogP contribution is -2.51. The maximum Gasteiger partial charge on any atom is 0.308 e. The number of nitro benzene ring substituents is 1. The van der Waals surface area contributed by atoms with Gasteiger partial charge < -0.3 is 4.74 Å². The van der Waals surface area contributed by atoms with Gasteiger partial charge in [-0.1, -0.05) is 18.2 Å². The Morgan fingerprint density at radius 1 is 1.19 bits per heavy atom. The summed E-state index contributed by atoms with van der Waals surface area (Å²) in [6, 6.07) is 12.4. The minimum atomic E-state index is -0.490. The largest absolute Gasteiger partial charge is 0.469 e. The fourth-order valence-corrected chi connectivity index (χ4v) is 3.11. The number of hydrogen-bond donors (Lipinski definition) is 0. The smallest absolute Gasteiger partial charge is 0.308 e. The molecule has 0 N–H and O–H groups in total. The predicted molar refractivity (Wildman–Crippen MR) is 93.5 cm³/mol. The molecule has 1 atom stereocenters. The number of nitro groups is 1. The van der Waals surface area contributed by atoms with Crippen LogP contribution in [0.4, 0.5) is 11.4 Å². The third kappa shape index (κ3) is 2.97. The van der Waals surface area contributed by atoms with E-state index in [1.807, 2.05) is 0 Å². The van der Waals surface area contributed by atoms with E-state index in [-0.39, 0.29) is 18.0 Å². The summed E-state index contributed by atoms with van der Waals surface area (Å²) in [5.74, 6) is -0.639. The molecule has 0 saturated heterocycles. The summed E-state index contributed by atoms with van der Waals surface area (Å²) in [5.41, 5.74) is 1.74. The molecule has 1 aliphatic rings. The average Bonchev–Trinajstić information content (AvgIpc) is 2.66.